The van der Waals surface area contributed by atoms with Crippen molar-refractivity contribution in [1.29, 1.82) is 0 Å². The van der Waals surface area contributed by atoms with Crippen LogP contribution < -0.4 is 20.5 Å². The van der Waals surface area contributed by atoms with Crippen molar-refractivity contribution in [2.45, 2.75) is 64.8 Å². The van der Waals surface area contributed by atoms with E-state index in [2.05, 4.69) is 27.1 Å². The Labute approximate surface area is 203 Å². The average molecular weight is 472 g/mol. The van der Waals surface area contributed by atoms with Crippen LogP contribution in [0.4, 0.5) is 11.8 Å². The summed E-state index contributed by atoms with van der Waals surface area (Å²) in [7, 11) is 1.68. The lowest BCUT2D eigenvalue weighted by atomic mass is 10.0. The molecule has 0 bridgehead atoms. The topological polar surface area (TPSA) is 106 Å². The molecule has 1 aliphatic rings. The van der Waals surface area contributed by atoms with Crippen molar-refractivity contribution in [3.05, 3.63) is 35.0 Å². The number of aryl methyl sites for hydroxylation is 1. The number of aliphatic hydroxyl groups excluding tert-OH is 1. The van der Waals surface area contributed by atoms with Gasteiger partial charge in [0.25, 0.3) is 0 Å². The van der Waals surface area contributed by atoms with Gasteiger partial charge in [-0.05, 0) is 63.7 Å². The molecule has 0 radical (unpaired) electrons. The Balaban J connectivity index is 1.70. The van der Waals surface area contributed by atoms with Crippen LogP contribution in [-0.4, -0.2) is 66.0 Å². The standard InChI is InChI=1S/C26H41N5O3/c1-4-8-21(11-15-32)29-25-23(19(2)28-26(27)30-25)17-20-9-10-22(18-24(20)33-3)34-16-7-14-31-12-5-6-13-31/h9-10,18,21,32H,4-8,11-17H2,1-3H3,(H3,27,28,29,30)/t21-/m0/s1. The number of methoxy groups -OCH3 is 1. The summed E-state index contributed by atoms with van der Waals surface area (Å²) >= 11 is 0. The van der Waals surface area contributed by atoms with Crippen LogP contribution in [0.2, 0.25) is 0 Å². The normalized spacial score (nSPS) is 14.8. The molecule has 1 saturated heterocycles. The van der Waals surface area contributed by atoms with Crippen molar-refractivity contribution in [2.24, 2.45) is 0 Å². The molecule has 0 spiro atoms. The van der Waals surface area contributed by atoms with Crippen LogP contribution in [-0.2, 0) is 6.42 Å². The van der Waals surface area contributed by atoms with Crippen molar-refractivity contribution < 1.29 is 14.6 Å². The van der Waals surface area contributed by atoms with Crippen LogP contribution >= 0.6 is 0 Å². The third kappa shape index (κ3) is 7.46. The predicted octanol–water partition coefficient (Wildman–Crippen LogP) is 3.79. The van der Waals surface area contributed by atoms with E-state index in [4.69, 9.17) is 15.2 Å². The van der Waals surface area contributed by atoms with Gasteiger partial charge in [0.15, 0.2) is 0 Å². The number of rotatable bonds is 14. The zero-order valence-electron chi connectivity index (χ0n) is 21.0. The van der Waals surface area contributed by atoms with Gasteiger partial charge in [-0.3, -0.25) is 0 Å². The fourth-order valence-corrected chi connectivity index (χ4v) is 4.57. The highest BCUT2D eigenvalue weighted by Crippen LogP contribution is 2.30. The highest BCUT2D eigenvalue weighted by molar-refractivity contribution is 5.54. The van der Waals surface area contributed by atoms with Gasteiger partial charge < -0.3 is 30.5 Å². The van der Waals surface area contributed by atoms with E-state index >= 15 is 0 Å². The summed E-state index contributed by atoms with van der Waals surface area (Å²) in [5.41, 5.74) is 8.80. The molecule has 2 heterocycles. The predicted molar refractivity (Wildman–Crippen MR) is 137 cm³/mol. The molecule has 8 heteroatoms. The Morgan fingerprint density at radius 2 is 2.00 bits per heavy atom. The third-order valence-electron chi connectivity index (χ3n) is 6.40. The van der Waals surface area contributed by atoms with E-state index < -0.39 is 0 Å². The smallest absolute Gasteiger partial charge is 0.222 e. The maximum atomic E-state index is 9.45. The Hall–Kier alpha value is -2.58. The van der Waals surface area contributed by atoms with Gasteiger partial charge in [-0.25, -0.2) is 4.98 Å². The van der Waals surface area contributed by atoms with Crippen LogP contribution in [0.25, 0.3) is 0 Å². The molecule has 4 N–H and O–H groups in total. The minimum Gasteiger partial charge on any atom is -0.496 e. The van der Waals surface area contributed by atoms with Crippen molar-refractivity contribution in [3.8, 4) is 11.5 Å². The third-order valence-corrected chi connectivity index (χ3v) is 6.40. The Kier molecular flexibility index (Phi) is 10.2. The number of likely N-dealkylation sites (tertiary alicyclic amines) is 1. The summed E-state index contributed by atoms with van der Waals surface area (Å²) in [6.45, 7) is 8.43. The summed E-state index contributed by atoms with van der Waals surface area (Å²) in [6, 6.07) is 6.13. The first-order chi connectivity index (χ1) is 16.5. The van der Waals surface area contributed by atoms with Gasteiger partial charge in [0.1, 0.15) is 17.3 Å². The van der Waals surface area contributed by atoms with Crippen LogP contribution in [0.1, 0.15) is 62.3 Å². The number of nitrogens with zero attached hydrogens (tertiary/aromatic N) is 3. The van der Waals surface area contributed by atoms with E-state index in [1.165, 1.54) is 25.9 Å². The molecule has 1 aromatic heterocycles. The highest BCUT2D eigenvalue weighted by atomic mass is 16.5. The number of aromatic nitrogens is 2. The van der Waals surface area contributed by atoms with Crippen molar-refractivity contribution in [2.75, 3.05) is 51.0 Å². The van der Waals surface area contributed by atoms with Crippen LogP contribution in [0.5, 0.6) is 11.5 Å². The number of nitrogens with one attached hydrogen (secondary N) is 1. The lowest BCUT2D eigenvalue weighted by Crippen LogP contribution is -2.23. The van der Waals surface area contributed by atoms with Crippen LogP contribution in [0.3, 0.4) is 0 Å². The van der Waals surface area contributed by atoms with Crippen LogP contribution in [0, 0.1) is 6.92 Å². The molecule has 34 heavy (non-hydrogen) atoms. The van der Waals surface area contributed by atoms with Gasteiger partial charge in [-0.2, -0.15) is 4.98 Å². The zero-order chi connectivity index (χ0) is 24.3. The summed E-state index contributed by atoms with van der Waals surface area (Å²) in [5.74, 6) is 2.56. The van der Waals surface area contributed by atoms with Gasteiger partial charge in [0, 0.05) is 42.9 Å². The number of aliphatic hydroxyl groups is 1. The zero-order valence-corrected chi connectivity index (χ0v) is 21.0. The van der Waals surface area contributed by atoms with Gasteiger partial charge in [0.2, 0.25) is 5.95 Å². The van der Waals surface area contributed by atoms with Crippen LogP contribution in [0.15, 0.2) is 18.2 Å². The quantitative estimate of drug-likeness (QED) is 0.357. The van der Waals surface area contributed by atoms with Gasteiger partial charge in [-0.1, -0.05) is 19.4 Å². The molecule has 1 aliphatic heterocycles. The van der Waals surface area contributed by atoms with Crippen molar-refractivity contribution in [3.63, 3.8) is 0 Å². The van der Waals surface area contributed by atoms with E-state index in [0.717, 1.165) is 59.9 Å². The molecule has 8 nitrogen and oxygen atoms in total. The number of nitrogens with two attached hydrogens (primary N) is 1. The largest absolute Gasteiger partial charge is 0.496 e. The van der Waals surface area contributed by atoms with Crippen molar-refractivity contribution >= 4 is 11.8 Å². The second-order valence-electron chi connectivity index (χ2n) is 9.04. The van der Waals surface area contributed by atoms with Gasteiger partial charge in [-0.15, -0.1) is 0 Å². The SMILES string of the molecule is CCC[C@@H](CCO)Nc1nc(N)nc(C)c1Cc1ccc(OCCCN2CCCC2)cc1OC. The maximum Gasteiger partial charge on any atom is 0.222 e. The number of benzene rings is 1. The Morgan fingerprint density at radius 3 is 2.71 bits per heavy atom. The summed E-state index contributed by atoms with van der Waals surface area (Å²) in [5, 5.41) is 13.0. The van der Waals surface area contributed by atoms with Crippen molar-refractivity contribution in [1.82, 2.24) is 14.9 Å². The molecular formula is C26H41N5O3. The maximum absolute atomic E-state index is 9.45. The number of hydrogen-bond donors (Lipinski definition) is 3. The number of ether oxygens (including phenoxy) is 2. The molecule has 2 aromatic rings. The number of nitrogen functional groups attached to an aromatic ring is 1. The monoisotopic (exact) mass is 471 g/mol. The lowest BCUT2D eigenvalue weighted by molar-refractivity contribution is 0.262. The lowest BCUT2D eigenvalue weighted by Gasteiger charge is -2.21. The fourth-order valence-electron chi connectivity index (χ4n) is 4.57. The Bertz CT molecular complexity index is 896. The second kappa shape index (κ2) is 13.3. The molecule has 1 fully saturated rings. The minimum atomic E-state index is 0.125. The molecule has 0 amide bonds. The van der Waals surface area contributed by atoms with E-state index in [-0.39, 0.29) is 18.6 Å². The van der Waals surface area contributed by atoms with E-state index in [9.17, 15) is 5.11 Å². The molecular weight excluding hydrogens is 430 g/mol. The minimum absolute atomic E-state index is 0.125. The fraction of sp³-hybridized carbons (Fsp3) is 0.615. The highest BCUT2D eigenvalue weighted by Gasteiger charge is 2.17. The number of hydrogen-bond acceptors (Lipinski definition) is 8. The molecule has 0 saturated carbocycles. The van der Waals surface area contributed by atoms with E-state index in [1.54, 1.807) is 7.11 Å². The second-order valence-corrected chi connectivity index (χ2v) is 9.04. The molecule has 188 valence electrons. The first kappa shape index (κ1) is 26.0. The average Bonchev–Trinajstić information content (AvgIpc) is 3.33. The molecule has 3 rings (SSSR count). The van der Waals surface area contributed by atoms with E-state index in [0.29, 0.717) is 19.4 Å². The van der Waals surface area contributed by atoms with E-state index in [1.807, 2.05) is 25.1 Å². The van der Waals surface area contributed by atoms with Gasteiger partial charge >= 0.3 is 0 Å². The molecule has 1 atom stereocenters. The summed E-state index contributed by atoms with van der Waals surface area (Å²) in [6.07, 6.45) is 6.86. The molecule has 0 aliphatic carbocycles. The first-order valence-electron chi connectivity index (χ1n) is 12.6. The molecule has 0 unspecified atom stereocenters. The summed E-state index contributed by atoms with van der Waals surface area (Å²) < 4.78 is 11.7. The molecule has 1 aromatic carbocycles. The first-order valence-corrected chi connectivity index (χ1v) is 12.6. The number of anilines is 2. The Morgan fingerprint density at radius 1 is 1.21 bits per heavy atom. The summed E-state index contributed by atoms with van der Waals surface area (Å²) in [4.78, 5) is 11.4. The van der Waals surface area contributed by atoms with Gasteiger partial charge in [0.05, 0.1) is 13.7 Å².